The highest BCUT2D eigenvalue weighted by Crippen LogP contribution is 2.25. The molecule has 1 aromatic carbocycles. The minimum absolute atomic E-state index is 0.0425. The van der Waals surface area contributed by atoms with Crippen LogP contribution in [0.2, 0.25) is 0 Å². The Morgan fingerprint density at radius 1 is 1.39 bits per heavy atom. The number of nitrogen functional groups attached to an aromatic ring is 1. The zero-order valence-corrected chi connectivity index (χ0v) is 10.7. The van der Waals surface area contributed by atoms with Crippen LogP contribution in [-0.4, -0.2) is 22.2 Å². The van der Waals surface area contributed by atoms with Crippen LogP contribution in [0.1, 0.15) is 26.7 Å². The smallest absolute Gasteiger partial charge is 0.296 e. The number of hydrogen-bond acceptors (Lipinski definition) is 5. The van der Waals surface area contributed by atoms with E-state index in [1.54, 1.807) is 18.2 Å². The maximum Gasteiger partial charge on any atom is 0.296 e. The minimum Gasteiger partial charge on any atom is -0.424 e. The molecule has 18 heavy (non-hydrogen) atoms. The average molecular weight is 249 g/mol. The maximum atomic E-state index is 9.50. The highest BCUT2D eigenvalue weighted by atomic mass is 16.4. The first-order valence-corrected chi connectivity index (χ1v) is 6.17. The zero-order valence-electron chi connectivity index (χ0n) is 10.7. The van der Waals surface area contributed by atoms with Gasteiger partial charge in [-0.25, -0.2) is 0 Å². The number of aliphatic hydroxyl groups is 1. The van der Waals surface area contributed by atoms with Gasteiger partial charge in [-0.15, -0.1) is 0 Å². The van der Waals surface area contributed by atoms with Crippen molar-refractivity contribution in [3.63, 3.8) is 0 Å². The van der Waals surface area contributed by atoms with Gasteiger partial charge in [0.2, 0.25) is 0 Å². The van der Waals surface area contributed by atoms with Gasteiger partial charge in [-0.3, -0.25) is 0 Å². The van der Waals surface area contributed by atoms with Crippen molar-refractivity contribution in [1.29, 1.82) is 0 Å². The molecule has 0 amide bonds. The van der Waals surface area contributed by atoms with Crippen LogP contribution >= 0.6 is 0 Å². The van der Waals surface area contributed by atoms with E-state index in [4.69, 9.17) is 10.2 Å². The van der Waals surface area contributed by atoms with Gasteiger partial charge in [0.1, 0.15) is 5.52 Å². The van der Waals surface area contributed by atoms with Crippen LogP contribution in [0.4, 0.5) is 11.7 Å². The molecule has 0 aliphatic carbocycles. The topological polar surface area (TPSA) is 84.3 Å². The summed E-state index contributed by atoms with van der Waals surface area (Å²) in [5.74, 6) is 0. The SMILES string of the molecule is CCC(CC)(CO)Nc1nc2cc(N)ccc2o1. The first-order chi connectivity index (χ1) is 8.62. The molecule has 0 fully saturated rings. The molecule has 4 N–H and O–H groups in total. The second-order valence-electron chi connectivity index (χ2n) is 4.52. The first kappa shape index (κ1) is 12.7. The van der Waals surface area contributed by atoms with E-state index >= 15 is 0 Å². The van der Waals surface area contributed by atoms with E-state index in [-0.39, 0.29) is 12.1 Å². The van der Waals surface area contributed by atoms with Crippen LogP contribution in [0, 0.1) is 0 Å². The van der Waals surface area contributed by atoms with Crippen molar-refractivity contribution in [1.82, 2.24) is 4.98 Å². The maximum absolute atomic E-state index is 9.50. The fraction of sp³-hybridized carbons (Fsp3) is 0.462. The zero-order chi connectivity index (χ0) is 13.2. The standard InChI is InChI=1S/C13H19N3O2/c1-3-13(4-2,8-17)16-12-15-10-7-9(14)5-6-11(10)18-12/h5-7,17H,3-4,8,14H2,1-2H3,(H,15,16). The summed E-state index contributed by atoms with van der Waals surface area (Å²) in [7, 11) is 0. The van der Waals surface area contributed by atoms with E-state index in [9.17, 15) is 5.11 Å². The lowest BCUT2D eigenvalue weighted by molar-refractivity contribution is 0.200. The normalized spacial score (nSPS) is 11.9. The summed E-state index contributed by atoms with van der Waals surface area (Å²) >= 11 is 0. The second-order valence-corrected chi connectivity index (χ2v) is 4.52. The third-order valence-electron chi connectivity index (χ3n) is 3.44. The van der Waals surface area contributed by atoms with Crippen LogP contribution < -0.4 is 11.1 Å². The molecular formula is C13H19N3O2. The van der Waals surface area contributed by atoms with E-state index in [2.05, 4.69) is 10.3 Å². The highest BCUT2D eigenvalue weighted by molar-refractivity contribution is 5.78. The lowest BCUT2D eigenvalue weighted by Crippen LogP contribution is -2.40. The monoisotopic (exact) mass is 249 g/mol. The van der Waals surface area contributed by atoms with Crippen molar-refractivity contribution in [3.05, 3.63) is 18.2 Å². The molecule has 0 bridgehead atoms. The average Bonchev–Trinajstić information content (AvgIpc) is 2.77. The molecule has 1 heterocycles. The van der Waals surface area contributed by atoms with Gasteiger partial charge in [-0.05, 0) is 31.0 Å². The summed E-state index contributed by atoms with van der Waals surface area (Å²) in [6, 6.07) is 5.76. The largest absolute Gasteiger partial charge is 0.424 e. The third kappa shape index (κ3) is 2.26. The van der Waals surface area contributed by atoms with Crippen molar-refractivity contribution in [3.8, 4) is 0 Å². The Morgan fingerprint density at radius 3 is 2.72 bits per heavy atom. The number of nitrogens with zero attached hydrogens (tertiary/aromatic N) is 1. The number of hydrogen-bond donors (Lipinski definition) is 3. The third-order valence-corrected chi connectivity index (χ3v) is 3.44. The molecule has 0 radical (unpaired) electrons. The first-order valence-electron chi connectivity index (χ1n) is 6.17. The van der Waals surface area contributed by atoms with E-state index in [1.165, 1.54) is 0 Å². The summed E-state index contributed by atoms with van der Waals surface area (Å²) in [5.41, 5.74) is 7.37. The summed E-state index contributed by atoms with van der Waals surface area (Å²) in [4.78, 5) is 4.33. The number of aromatic nitrogens is 1. The van der Waals surface area contributed by atoms with Crippen molar-refractivity contribution >= 4 is 22.8 Å². The van der Waals surface area contributed by atoms with Gasteiger partial charge in [0.15, 0.2) is 5.58 Å². The molecule has 0 aliphatic rings. The van der Waals surface area contributed by atoms with Gasteiger partial charge in [0, 0.05) is 5.69 Å². The highest BCUT2D eigenvalue weighted by Gasteiger charge is 2.26. The molecule has 0 spiro atoms. The molecule has 5 nitrogen and oxygen atoms in total. The molecule has 0 saturated carbocycles. The second kappa shape index (κ2) is 4.86. The molecule has 0 aliphatic heterocycles. The summed E-state index contributed by atoms with van der Waals surface area (Å²) in [6.45, 7) is 4.08. The molecule has 0 unspecified atom stereocenters. The molecule has 2 aromatic rings. The Balaban J connectivity index is 2.31. The van der Waals surface area contributed by atoms with E-state index < -0.39 is 0 Å². The van der Waals surface area contributed by atoms with E-state index in [0.29, 0.717) is 17.3 Å². The molecule has 98 valence electrons. The Kier molecular flexibility index (Phi) is 3.43. The van der Waals surface area contributed by atoms with Gasteiger partial charge < -0.3 is 20.6 Å². The molecule has 2 rings (SSSR count). The number of oxazole rings is 1. The van der Waals surface area contributed by atoms with Gasteiger partial charge >= 0.3 is 0 Å². The Bertz CT molecular complexity index is 524. The Hall–Kier alpha value is -1.75. The quantitative estimate of drug-likeness (QED) is 0.708. The molecule has 0 saturated heterocycles. The molecular weight excluding hydrogens is 230 g/mol. The number of anilines is 2. The van der Waals surface area contributed by atoms with Gasteiger partial charge in [-0.2, -0.15) is 4.98 Å². The molecule has 0 atom stereocenters. The minimum atomic E-state index is -0.383. The van der Waals surface area contributed by atoms with E-state index in [1.807, 2.05) is 13.8 Å². The summed E-state index contributed by atoms with van der Waals surface area (Å²) in [6.07, 6.45) is 1.59. The molecule has 1 aromatic heterocycles. The van der Waals surface area contributed by atoms with Gasteiger partial charge in [-0.1, -0.05) is 13.8 Å². The number of aliphatic hydroxyl groups excluding tert-OH is 1. The van der Waals surface area contributed by atoms with Gasteiger partial charge in [0.05, 0.1) is 12.1 Å². The van der Waals surface area contributed by atoms with Crippen LogP contribution in [0.25, 0.3) is 11.1 Å². The number of rotatable bonds is 5. The summed E-state index contributed by atoms with van der Waals surface area (Å²) in [5, 5.41) is 12.7. The predicted molar refractivity (Wildman–Crippen MR) is 72.4 cm³/mol. The van der Waals surface area contributed by atoms with Crippen LogP contribution in [-0.2, 0) is 0 Å². The molecule has 5 heteroatoms. The fourth-order valence-electron chi connectivity index (χ4n) is 1.91. The van der Waals surface area contributed by atoms with Crippen molar-refractivity contribution < 1.29 is 9.52 Å². The fourth-order valence-corrected chi connectivity index (χ4v) is 1.91. The van der Waals surface area contributed by atoms with Crippen LogP contribution in [0.15, 0.2) is 22.6 Å². The van der Waals surface area contributed by atoms with Crippen molar-refractivity contribution in [2.75, 3.05) is 17.7 Å². The van der Waals surface area contributed by atoms with Crippen LogP contribution in [0.3, 0.4) is 0 Å². The Labute approximate surface area is 106 Å². The number of nitrogens with one attached hydrogen (secondary N) is 1. The summed E-state index contributed by atoms with van der Waals surface area (Å²) < 4.78 is 5.60. The number of benzene rings is 1. The van der Waals surface area contributed by atoms with E-state index in [0.717, 1.165) is 18.4 Å². The lowest BCUT2D eigenvalue weighted by Gasteiger charge is -2.29. The van der Waals surface area contributed by atoms with Crippen molar-refractivity contribution in [2.45, 2.75) is 32.2 Å². The number of fused-ring (bicyclic) bond motifs is 1. The number of nitrogens with two attached hydrogens (primary N) is 1. The van der Waals surface area contributed by atoms with Gasteiger partial charge in [0.25, 0.3) is 6.01 Å². The van der Waals surface area contributed by atoms with Crippen LogP contribution in [0.5, 0.6) is 0 Å². The Morgan fingerprint density at radius 2 is 2.11 bits per heavy atom. The van der Waals surface area contributed by atoms with Crippen molar-refractivity contribution in [2.24, 2.45) is 0 Å². The predicted octanol–water partition coefficient (Wildman–Crippen LogP) is 2.37. The lowest BCUT2D eigenvalue weighted by atomic mass is 9.94.